The molecule has 1 heterocycles. The van der Waals surface area contributed by atoms with Crippen molar-refractivity contribution in [2.45, 2.75) is 161 Å². The lowest BCUT2D eigenvalue weighted by molar-refractivity contribution is -0.142. The number of aliphatic hydroxyl groups is 1. The third kappa shape index (κ3) is 21.0. The van der Waals surface area contributed by atoms with Gasteiger partial charge in [0.25, 0.3) is 0 Å². The summed E-state index contributed by atoms with van der Waals surface area (Å²) < 4.78 is 0. The Morgan fingerprint density at radius 3 is 1.46 bits per heavy atom. The van der Waals surface area contributed by atoms with E-state index in [0.29, 0.717) is 40.2 Å². The minimum atomic E-state index is -1.49. The molecule has 22 heteroatoms. The summed E-state index contributed by atoms with van der Waals surface area (Å²) in [5.41, 5.74) is 27.7. The number of aliphatic hydroxyl groups excluding tert-OH is 1. The second-order valence-corrected chi connectivity index (χ2v) is 23.1. The van der Waals surface area contributed by atoms with E-state index < -0.39 is 120 Å². The van der Waals surface area contributed by atoms with E-state index in [0.717, 1.165) is 5.56 Å². The van der Waals surface area contributed by atoms with Gasteiger partial charge in [-0.25, -0.2) is 0 Å². The van der Waals surface area contributed by atoms with Crippen LogP contribution in [0.15, 0.2) is 103 Å². The van der Waals surface area contributed by atoms with Crippen LogP contribution in [0.1, 0.15) is 103 Å². The topological polar surface area (TPSA) is 365 Å². The highest BCUT2D eigenvalue weighted by Crippen LogP contribution is 2.22. The number of benzene rings is 4. The van der Waals surface area contributed by atoms with Crippen LogP contribution in [0.2, 0.25) is 0 Å². The maximum Gasteiger partial charge on any atom is 0.246 e. The SMILES string of the molecule is CC(=O)N[C@@H](Cc1ccc(N)cc1)C(=O)N1CCC[C@H]1C(=O)NC(Cc1ccc(N)cc1)C(=O)N[C@H](C(=O)N[C@@H](CC(C)C)[C@@H](O)CC(=O)N[C@@H](CC(C)C)C(=O)N[C@@H](Cc1ccccc1)C(=O)N[C@@H](Cc1ccc(N)cc1)C(N)=O)C(C)C. The van der Waals surface area contributed by atoms with Crippen molar-refractivity contribution in [2.24, 2.45) is 23.5 Å². The molecule has 1 aliphatic rings. The van der Waals surface area contributed by atoms with Gasteiger partial charge in [0.05, 0.1) is 18.6 Å². The smallest absolute Gasteiger partial charge is 0.246 e. The standard InChI is InChI=1S/C62H86N12O10/c1-35(2)28-46(53(76)34-54(77)68-48(29-36(3)4)57(79)71-49(31-39-12-9-8-10-13-39)58(80)70-47(56(66)78)30-40-15-21-43(63)22-16-40)69-61(83)55(37(5)6)73-59(81)50(32-41-17-23-44(64)24-18-41)72-60(82)52-14-11-27-74(52)62(84)51(67-38(7)75)33-42-19-25-45(65)26-20-42/h8-10,12-13,15-26,35-37,46-53,55,76H,11,14,27-34,63-65H2,1-7H3,(H2,66,78)(H,67,75)(H,68,77)(H,69,83)(H,70,80)(H,71,79)(H,72,82)(H,73,81)/t46-,47-,48-,49-,50?,51-,52-,53-,55-/m0/s1. The van der Waals surface area contributed by atoms with Crippen LogP contribution in [0.5, 0.6) is 0 Å². The van der Waals surface area contributed by atoms with Gasteiger partial charge in [-0.3, -0.25) is 43.2 Å². The molecule has 22 nitrogen and oxygen atoms in total. The van der Waals surface area contributed by atoms with Crippen LogP contribution in [0.3, 0.4) is 0 Å². The Morgan fingerprint density at radius 1 is 0.524 bits per heavy atom. The van der Waals surface area contributed by atoms with Crippen LogP contribution in [-0.4, -0.2) is 124 Å². The van der Waals surface area contributed by atoms with E-state index in [1.54, 1.807) is 117 Å². The third-order valence-corrected chi connectivity index (χ3v) is 14.5. The zero-order valence-corrected chi connectivity index (χ0v) is 49.2. The summed E-state index contributed by atoms with van der Waals surface area (Å²) in [4.78, 5) is 126. The van der Waals surface area contributed by atoms with Crippen molar-refractivity contribution in [1.29, 1.82) is 0 Å². The predicted octanol–water partition coefficient (Wildman–Crippen LogP) is 2.09. The van der Waals surface area contributed by atoms with E-state index >= 15 is 0 Å². The average molecular weight is 1160 g/mol. The van der Waals surface area contributed by atoms with Crippen LogP contribution >= 0.6 is 0 Å². The van der Waals surface area contributed by atoms with Crippen molar-refractivity contribution in [3.05, 3.63) is 125 Å². The van der Waals surface area contributed by atoms with Crippen molar-refractivity contribution in [2.75, 3.05) is 23.7 Å². The Balaban J connectivity index is 1.29. The van der Waals surface area contributed by atoms with E-state index in [4.69, 9.17) is 22.9 Å². The zero-order valence-electron chi connectivity index (χ0n) is 49.2. The van der Waals surface area contributed by atoms with E-state index in [-0.39, 0.29) is 63.3 Å². The van der Waals surface area contributed by atoms with Crippen LogP contribution in [0.4, 0.5) is 17.1 Å². The van der Waals surface area contributed by atoms with E-state index in [1.165, 1.54) is 11.8 Å². The summed E-state index contributed by atoms with van der Waals surface area (Å²) in [6.45, 7) is 12.4. The Bertz CT molecular complexity index is 2870. The molecule has 5 rings (SSSR count). The summed E-state index contributed by atoms with van der Waals surface area (Å²) >= 11 is 0. The number of rotatable bonds is 30. The summed E-state index contributed by atoms with van der Waals surface area (Å²) in [6, 6.07) is 20.2. The number of primary amides is 1. The number of nitrogen functional groups attached to an aromatic ring is 3. The molecule has 84 heavy (non-hydrogen) atoms. The number of nitrogens with one attached hydrogen (secondary N) is 7. The lowest BCUT2D eigenvalue weighted by atomic mass is 9.95. The quantitative estimate of drug-likeness (QED) is 0.0333. The molecule has 1 fully saturated rings. The summed E-state index contributed by atoms with van der Waals surface area (Å²) in [6.07, 6.45) is -0.757. The van der Waals surface area contributed by atoms with Crippen LogP contribution in [0.25, 0.3) is 0 Å². The normalized spacial score (nSPS) is 16.0. The molecular weight excluding hydrogens is 1070 g/mol. The first-order chi connectivity index (χ1) is 39.8. The molecule has 1 aliphatic heterocycles. The molecule has 0 spiro atoms. The number of amides is 9. The average Bonchev–Trinajstić information content (AvgIpc) is 4.17. The molecule has 4 aromatic carbocycles. The van der Waals surface area contributed by atoms with Crippen LogP contribution in [-0.2, 0) is 68.8 Å². The van der Waals surface area contributed by atoms with Gasteiger partial charge in [0.1, 0.15) is 42.3 Å². The van der Waals surface area contributed by atoms with Gasteiger partial charge in [-0.05, 0) is 102 Å². The van der Waals surface area contributed by atoms with Crippen molar-refractivity contribution < 1.29 is 48.3 Å². The molecule has 0 bridgehead atoms. The van der Waals surface area contributed by atoms with Gasteiger partial charge < -0.3 is 70.2 Å². The number of hydrogen-bond donors (Lipinski definition) is 12. The molecule has 0 radical (unpaired) electrons. The second-order valence-electron chi connectivity index (χ2n) is 23.1. The molecule has 9 atom stereocenters. The Labute approximate surface area is 492 Å². The molecule has 9 amide bonds. The van der Waals surface area contributed by atoms with E-state index in [1.807, 2.05) is 27.7 Å². The van der Waals surface area contributed by atoms with Gasteiger partial charge in [-0.15, -0.1) is 0 Å². The number of nitrogens with zero attached hydrogens (tertiary/aromatic N) is 1. The Kier molecular flexibility index (Phi) is 25.1. The van der Waals surface area contributed by atoms with Crippen molar-refractivity contribution in [3.8, 4) is 0 Å². The molecular formula is C62H86N12O10. The fraction of sp³-hybridized carbons (Fsp3) is 0.468. The molecule has 0 aromatic heterocycles. The zero-order chi connectivity index (χ0) is 61.8. The molecule has 0 saturated carbocycles. The van der Waals surface area contributed by atoms with Gasteiger partial charge in [0.2, 0.25) is 53.2 Å². The number of anilines is 3. The maximum atomic E-state index is 14.5. The highest BCUT2D eigenvalue weighted by Gasteiger charge is 2.40. The van der Waals surface area contributed by atoms with Gasteiger partial charge in [-0.1, -0.05) is 108 Å². The number of likely N-dealkylation sites (tertiary alicyclic amines) is 1. The molecule has 4 aromatic rings. The first-order valence-corrected chi connectivity index (χ1v) is 28.7. The molecule has 16 N–H and O–H groups in total. The molecule has 1 unspecified atom stereocenters. The first kappa shape index (κ1) is 66.3. The number of hydrogen-bond acceptors (Lipinski definition) is 13. The van der Waals surface area contributed by atoms with Crippen molar-refractivity contribution in [1.82, 2.24) is 42.1 Å². The van der Waals surface area contributed by atoms with Crippen molar-refractivity contribution >= 4 is 70.2 Å². The lowest BCUT2D eigenvalue weighted by Gasteiger charge is -2.31. The third-order valence-electron chi connectivity index (χ3n) is 14.5. The number of nitrogens with two attached hydrogens (primary N) is 4. The fourth-order valence-corrected chi connectivity index (χ4v) is 10.1. The van der Waals surface area contributed by atoms with E-state index in [9.17, 15) is 48.3 Å². The van der Waals surface area contributed by atoms with Gasteiger partial charge >= 0.3 is 0 Å². The first-order valence-electron chi connectivity index (χ1n) is 28.7. The molecule has 1 saturated heterocycles. The van der Waals surface area contributed by atoms with Gasteiger partial charge in [0, 0.05) is 56.2 Å². The number of carbonyl (C=O) groups is 9. The minimum absolute atomic E-state index is 0.0239. The van der Waals surface area contributed by atoms with Crippen LogP contribution < -0.4 is 60.2 Å². The largest absolute Gasteiger partial charge is 0.399 e. The second kappa shape index (κ2) is 31.8. The predicted molar refractivity (Wildman–Crippen MR) is 321 cm³/mol. The summed E-state index contributed by atoms with van der Waals surface area (Å²) in [5, 5.41) is 31.2. The Hall–Kier alpha value is -8.53. The summed E-state index contributed by atoms with van der Waals surface area (Å²) in [5.74, 6) is -6.59. The van der Waals surface area contributed by atoms with E-state index in [2.05, 4.69) is 37.2 Å². The highest BCUT2D eigenvalue weighted by atomic mass is 16.3. The highest BCUT2D eigenvalue weighted by molar-refractivity contribution is 5.97. The number of carbonyl (C=O) groups excluding carboxylic acids is 9. The van der Waals surface area contributed by atoms with Crippen LogP contribution in [0, 0.1) is 17.8 Å². The van der Waals surface area contributed by atoms with Crippen molar-refractivity contribution in [3.63, 3.8) is 0 Å². The fourth-order valence-electron chi connectivity index (χ4n) is 10.1. The lowest BCUT2D eigenvalue weighted by Crippen LogP contribution is -2.60. The maximum absolute atomic E-state index is 14.5. The monoisotopic (exact) mass is 1160 g/mol. The van der Waals surface area contributed by atoms with Gasteiger partial charge in [0.15, 0.2) is 0 Å². The Morgan fingerprint density at radius 2 is 0.976 bits per heavy atom. The summed E-state index contributed by atoms with van der Waals surface area (Å²) in [7, 11) is 0. The minimum Gasteiger partial charge on any atom is -0.399 e. The molecule has 454 valence electrons. The van der Waals surface area contributed by atoms with Gasteiger partial charge in [-0.2, -0.15) is 0 Å². The molecule has 0 aliphatic carbocycles.